The maximum Gasteiger partial charge on any atom is 0.235 e. The maximum absolute atomic E-state index is 13.6. The summed E-state index contributed by atoms with van der Waals surface area (Å²) >= 11 is 1.73. The summed E-state index contributed by atoms with van der Waals surface area (Å²) in [6.07, 6.45) is 6.12. The number of thioether (sulfide) groups is 1. The third-order valence-electron chi connectivity index (χ3n) is 5.26. The minimum absolute atomic E-state index is 0.0555. The number of pyridine rings is 1. The van der Waals surface area contributed by atoms with Gasteiger partial charge < -0.3 is 5.32 Å². The predicted molar refractivity (Wildman–Crippen MR) is 111 cm³/mol. The van der Waals surface area contributed by atoms with Gasteiger partial charge in [-0.2, -0.15) is 0 Å². The van der Waals surface area contributed by atoms with Crippen molar-refractivity contribution in [1.29, 1.82) is 0 Å². The lowest BCUT2D eigenvalue weighted by Gasteiger charge is -2.40. The molecule has 1 saturated carbocycles. The number of anilines is 1. The van der Waals surface area contributed by atoms with Gasteiger partial charge in [-0.3, -0.25) is 9.78 Å². The molecule has 1 N–H and O–H groups in total. The first kappa shape index (κ1) is 18.7. The van der Waals surface area contributed by atoms with Gasteiger partial charge >= 0.3 is 0 Å². The Bertz CT molecular complexity index is 956. The average molecular weight is 392 g/mol. The molecule has 0 unspecified atom stereocenters. The molecule has 28 heavy (non-hydrogen) atoms. The lowest BCUT2D eigenvalue weighted by molar-refractivity contribution is -0.124. The fourth-order valence-electron chi connectivity index (χ4n) is 3.50. The van der Waals surface area contributed by atoms with E-state index in [0.717, 1.165) is 41.2 Å². The molecule has 0 aliphatic heterocycles. The van der Waals surface area contributed by atoms with Crippen molar-refractivity contribution in [1.82, 2.24) is 4.98 Å². The van der Waals surface area contributed by atoms with Crippen molar-refractivity contribution in [2.24, 2.45) is 0 Å². The van der Waals surface area contributed by atoms with Crippen LogP contribution in [0, 0.1) is 5.82 Å². The molecule has 1 aromatic heterocycles. The molecule has 1 amide bonds. The monoisotopic (exact) mass is 392 g/mol. The number of nitrogens with zero attached hydrogens (tertiary/aromatic N) is 1. The topological polar surface area (TPSA) is 42.0 Å². The van der Waals surface area contributed by atoms with E-state index in [9.17, 15) is 9.18 Å². The van der Waals surface area contributed by atoms with Crippen molar-refractivity contribution in [2.75, 3.05) is 5.32 Å². The highest BCUT2D eigenvalue weighted by molar-refractivity contribution is 7.98. The highest BCUT2D eigenvalue weighted by Crippen LogP contribution is 2.44. The Morgan fingerprint density at radius 1 is 1.11 bits per heavy atom. The number of carbonyl (C=O) groups excluding carboxylic acids is 1. The number of benzene rings is 2. The van der Waals surface area contributed by atoms with Crippen LogP contribution in [-0.4, -0.2) is 10.9 Å². The van der Waals surface area contributed by atoms with E-state index in [1.165, 1.54) is 17.7 Å². The zero-order chi connectivity index (χ0) is 19.4. The van der Waals surface area contributed by atoms with Crippen molar-refractivity contribution in [3.63, 3.8) is 0 Å². The van der Waals surface area contributed by atoms with Gasteiger partial charge in [0.1, 0.15) is 5.82 Å². The highest BCUT2D eigenvalue weighted by atomic mass is 32.2. The van der Waals surface area contributed by atoms with Gasteiger partial charge in [0.25, 0.3) is 0 Å². The zero-order valence-corrected chi connectivity index (χ0v) is 16.2. The first-order valence-electron chi connectivity index (χ1n) is 9.35. The van der Waals surface area contributed by atoms with Gasteiger partial charge in [0.2, 0.25) is 5.91 Å². The van der Waals surface area contributed by atoms with E-state index >= 15 is 0 Å². The summed E-state index contributed by atoms with van der Waals surface area (Å²) in [5.74, 6) is 0.495. The number of amides is 1. The molecule has 142 valence electrons. The predicted octanol–water partition coefficient (Wildman–Crippen LogP) is 5.57. The number of hydrogen-bond acceptors (Lipinski definition) is 3. The van der Waals surface area contributed by atoms with E-state index < -0.39 is 5.41 Å². The molecule has 4 rings (SSSR count). The Hall–Kier alpha value is -2.66. The summed E-state index contributed by atoms with van der Waals surface area (Å²) in [5.41, 5.74) is 2.08. The number of hydrogen-bond donors (Lipinski definition) is 1. The van der Waals surface area contributed by atoms with Gasteiger partial charge in [0.05, 0.1) is 5.41 Å². The normalized spacial score (nSPS) is 14.9. The number of nitrogens with one attached hydrogen (secondary N) is 1. The average Bonchev–Trinajstić information content (AvgIpc) is 2.67. The third kappa shape index (κ3) is 3.94. The van der Waals surface area contributed by atoms with Crippen LogP contribution in [-0.2, 0) is 16.0 Å². The molecule has 0 radical (unpaired) electrons. The minimum Gasteiger partial charge on any atom is -0.325 e. The molecule has 1 fully saturated rings. The Morgan fingerprint density at radius 2 is 1.93 bits per heavy atom. The fraction of sp³-hybridized carbons (Fsp3) is 0.217. The van der Waals surface area contributed by atoms with Crippen molar-refractivity contribution in [2.45, 2.75) is 35.3 Å². The van der Waals surface area contributed by atoms with E-state index in [0.29, 0.717) is 0 Å². The second-order valence-corrected chi connectivity index (χ2v) is 8.12. The van der Waals surface area contributed by atoms with E-state index in [1.54, 1.807) is 24.0 Å². The van der Waals surface area contributed by atoms with Crippen LogP contribution < -0.4 is 5.32 Å². The van der Waals surface area contributed by atoms with Crippen LogP contribution in [0.2, 0.25) is 0 Å². The Balaban J connectivity index is 1.41. The lowest BCUT2D eigenvalue weighted by Crippen LogP contribution is -2.46. The molecule has 0 bridgehead atoms. The lowest BCUT2D eigenvalue weighted by atomic mass is 9.63. The van der Waals surface area contributed by atoms with Gasteiger partial charge in [-0.1, -0.05) is 24.6 Å². The van der Waals surface area contributed by atoms with Crippen molar-refractivity contribution >= 4 is 23.4 Å². The van der Waals surface area contributed by atoms with Gasteiger partial charge in [-0.05, 0) is 66.4 Å². The first-order valence-corrected chi connectivity index (χ1v) is 10.3. The SMILES string of the molecule is O=C(Nc1ccc(SCc2cccnc2)cc1)C1(c2cccc(F)c2)CCC1. The maximum atomic E-state index is 13.6. The molecular formula is C23H21FN2OS. The first-order chi connectivity index (χ1) is 13.7. The Kier molecular flexibility index (Phi) is 5.44. The summed E-state index contributed by atoms with van der Waals surface area (Å²) in [7, 11) is 0. The summed E-state index contributed by atoms with van der Waals surface area (Å²) < 4.78 is 13.6. The fourth-order valence-corrected chi connectivity index (χ4v) is 4.33. The Labute approximate surface area is 168 Å². The van der Waals surface area contributed by atoms with E-state index in [4.69, 9.17) is 0 Å². The molecule has 0 atom stereocenters. The molecular weight excluding hydrogens is 371 g/mol. The number of halogens is 1. The van der Waals surface area contributed by atoms with Gasteiger partial charge in [-0.15, -0.1) is 11.8 Å². The van der Waals surface area contributed by atoms with Gasteiger partial charge in [-0.25, -0.2) is 4.39 Å². The van der Waals surface area contributed by atoms with Crippen LogP contribution >= 0.6 is 11.8 Å². The number of aromatic nitrogens is 1. The Morgan fingerprint density at radius 3 is 2.57 bits per heavy atom. The van der Waals surface area contributed by atoms with Crippen LogP contribution in [0.1, 0.15) is 30.4 Å². The molecule has 1 heterocycles. The summed E-state index contributed by atoms with van der Waals surface area (Å²) in [6.45, 7) is 0. The minimum atomic E-state index is -0.615. The second kappa shape index (κ2) is 8.15. The van der Waals surface area contributed by atoms with Crippen LogP contribution in [0.15, 0.2) is 78.0 Å². The molecule has 1 aliphatic carbocycles. The van der Waals surface area contributed by atoms with Crippen molar-refractivity contribution in [3.8, 4) is 0 Å². The summed E-state index contributed by atoms with van der Waals surface area (Å²) in [6, 6.07) is 18.3. The zero-order valence-electron chi connectivity index (χ0n) is 15.4. The molecule has 0 saturated heterocycles. The largest absolute Gasteiger partial charge is 0.325 e. The number of rotatable bonds is 6. The molecule has 3 nitrogen and oxygen atoms in total. The molecule has 1 aliphatic rings. The summed E-state index contributed by atoms with van der Waals surface area (Å²) in [4.78, 5) is 18.2. The highest BCUT2D eigenvalue weighted by Gasteiger charge is 2.45. The second-order valence-electron chi connectivity index (χ2n) is 7.07. The number of carbonyl (C=O) groups is 1. The van der Waals surface area contributed by atoms with Crippen LogP contribution in [0.3, 0.4) is 0 Å². The van der Waals surface area contributed by atoms with E-state index in [-0.39, 0.29) is 11.7 Å². The smallest absolute Gasteiger partial charge is 0.235 e. The quantitative estimate of drug-likeness (QED) is 0.557. The third-order valence-corrected chi connectivity index (χ3v) is 6.34. The summed E-state index contributed by atoms with van der Waals surface area (Å²) in [5, 5.41) is 3.02. The van der Waals surface area contributed by atoms with Gasteiger partial charge in [0.15, 0.2) is 0 Å². The molecule has 3 aromatic rings. The molecule has 5 heteroatoms. The van der Waals surface area contributed by atoms with Crippen LogP contribution in [0.5, 0.6) is 0 Å². The van der Waals surface area contributed by atoms with Crippen molar-refractivity contribution < 1.29 is 9.18 Å². The van der Waals surface area contributed by atoms with Crippen molar-refractivity contribution in [3.05, 3.63) is 90.0 Å². The van der Waals surface area contributed by atoms with E-state index in [2.05, 4.69) is 16.4 Å². The van der Waals surface area contributed by atoms with Crippen LogP contribution in [0.4, 0.5) is 10.1 Å². The van der Waals surface area contributed by atoms with E-state index in [1.807, 2.05) is 42.6 Å². The standard InChI is InChI=1S/C23H21FN2OS/c24-19-6-1-5-18(14-19)23(11-3-12-23)22(27)26-20-7-9-21(10-8-20)28-16-17-4-2-13-25-15-17/h1-2,4-10,13-15H,3,11-12,16H2,(H,26,27). The molecule has 2 aromatic carbocycles. The molecule has 0 spiro atoms. The van der Waals surface area contributed by atoms with Crippen LogP contribution in [0.25, 0.3) is 0 Å². The van der Waals surface area contributed by atoms with Gasteiger partial charge in [0, 0.05) is 28.7 Å².